The van der Waals surface area contributed by atoms with Crippen LogP contribution in [0.25, 0.3) is 10.6 Å². The van der Waals surface area contributed by atoms with Crippen molar-refractivity contribution in [3.8, 4) is 10.6 Å². The van der Waals surface area contributed by atoms with Gasteiger partial charge in [0.1, 0.15) is 5.01 Å². The van der Waals surface area contributed by atoms with Crippen LogP contribution in [-0.4, -0.2) is 28.7 Å². The number of aromatic nitrogens is 2. The van der Waals surface area contributed by atoms with Gasteiger partial charge in [-0.2, -0.15) is 4.31 Å². The van der Waals surface area contributed by atoms with Crippen LogP contribution in [0.3, 0.4) is 0 Å². The van der Waals surface area contributed by atoms with Crippen LogP contribution >= 0.6 is 27.3 Å². The first-order chi connectivity index (χ1) is 13.0. The molecule has 0 aliphatic heterocycles. The molecule has 4 rings (SSSR count). The SMILES string of the molecule is CC(c1ccccn1)N(C1CC1)S(=O)(=O)c1csc(-c2ccc(Br)cc2)n1. The van der Waals surface area contributed by atoms with E-state index in [1.54, 1.807) is 15.9 Å². The summed E-state index contributed by atoms with van der Waals surface area (Å²) in [5, 5.41) is 2.44. The van der Waals surface area contributed by atoms with E-state index in [-0.39, 0.29) is 17.1 Å². The summed E-state index contributed by atoms with van der Waals surface area (Å²) in [6.45, 7) is 1.89. The molecule has 0 spiro atoms. The fourth-order valence-corrected chi connectivity index (χ4v) is 6.21. The zero-order chi connectivity index (χ0) is 19.0. The standard InChI is InChI=1S/C19H18BrN3O2S2/c1-13(17-4-2-3-11-21-17)23(16-9-10-16)27(24,25)18-12-26-19(22-18)14-5-7-15(20)8-6-14/h2-8,11-13,16H,9-10H2,1H3. The Kier molecular flexibility index (Phi) is 5.15. The van der Waals surface area contributed by atoms with Crippen molar-refractivity contribution in [3.05, 3.63) is 64.2 Å². The molecule has 2 aromatic heterocycles. The second kappa shape index (κ2) is 7.43. The van der Waals surface area contributed by atoms with Crippen molar-refractivity contribution in [3.63, 3.8) is 0 Å². The van der Waals surface area contributed by atoms with E-state index in [0.29, 0.717) is 5.01 Å². The molecule has 1 aliphatic rings. The second-order valence-corrected chi connectivity index (χ2v) is 10.1. The highest BCUT2D eigenvalue weighted by atomic mass is 79.9. The quantitative estimate of drug-likeness (QED) is 0.522. The van der Waals surface area contributed by atoms with E-state index < -0.39 is 10.0 Å². The van der Waals surface area contributed by atoms with E-state index >= 15 is 0 Å². The van der Waals surface area contributed by atoms with E-state index in [0.717, 1.165) is 28.6 Å². The van der Waals surface area contributed by atoms with Gasteiger partial charge in [-0.25, -0.2) is 13.4 Å². The van der Waals surface area contributed by atoms with Gasteiger partial charge in [0.25, 0.3) is 10.0 Å². The molecule has 1 unspecified atom stereocenters. The van der Waals surface area contributed by atoms with Crippen molar-refractivity contribution >= 4 is 37.3 Å². The molecule has 1 fully saturated rings. The number of pyridine rings is 1. The molecule has 5 nitrogen and oxygen atoms in total. The molecular weight excluding hydrogens is 446 g/mol. The number of nitrogens with zero attached hydrogens (tertiary/aromatic N) is 3. The number of rotatable bonds is 6. The predicted molar refractivity (Wildman–Crippen MR) is 110 cm³/mol. The minimum atomic E-state index is -3.70. The van der Waals surface area contributed by atoms with Gasteiger partial charge in [-0.3, -0.25) is 4.98 Å². The third-order valence-corrected chi connectivity index (χ3v) is 8.00. The van der Waals surface area contributed by atoms with Crippen molar-refractivity contribution < 1.29 is 8.42 Å². The molecule has 1 saturated carbocycles. The Hall–Kier alpha value is -1.61. The molecule has 3 aromatic rings. The van der Waals surface area contributed by atoms with E-state index in [4.69, 9.17) is 0 Å². The van der Waals surface area contributed by atoms with Gasteiger partial charge in [-0.15, -0.1) is 11.3 Å². The third kappa shape index (κ3) is 3.85. The predicted octanol–water partition coefficient (Wildman–Crippen LogP) is 4.88. The van der Waals surface area contributed by atoms with Crippen LogP contribution in [0.15, 0.2) is 63.5 Å². The lowest BCUT2D eigenvalue weighted by Gasteiger charge is -2.27. The molecule has 0 radical (unpaired) electrons. The minimum Gasteiger partial charge on any atom is -0.260 e. The highest BCUT2D eigenvalue weighted by Crippen LogP contribution is 2.39. The van der Waals surface area contributed by atoms with Crippen molar-refractivity contribution in [2.45, 2.75) is 36.9 Å². The van der Waals surface area contributed by atoms with E-state index in [1.165, 1.54) is 11.3 Å². The molecule has 1 aliphatic carbocycles. The van der Waals surface area contributed by atoms with Crippen LogP contribution < -0.4 is 0 Å². The molecule has 2 heterocycles. The zero-order valence-corrected chi connectivity index (χ0v) is 17.8. The minimum absolute atomic E-state index is 0.0184. The van der Waals surface area contributed by atoms with Crippen molar-refractivity contribution in [1.82, 2.24) is 14.3 Å². The van der Waals surface area contributed by atoms with Gasteiger partial charge in [0, 0.05) is 27.7 Å². The second-order valence-electron chi connectivity index (χ2n) is 6.49. The Labute approximate surface area is 171 Å². The van der Waals surface area contributed by atoms with Crippen LogP contribution in [-0.2, 0) is 10.0 Å². The lowest BCUT2D eigenvalue weighted by molar-refractivity contribution is 0.328. The Balaban J connectivity index is 1.68. The summed E-state index contributed by atoms with van der Waals surface area (Å²) in [5.74, 6) is 0. The van der Waals surface area contributed by atoms with Crippen LogP contribution in [0.2, 0.25) is 0 Å². The fraction of sp³-hybridized carbons (Fsp3) is 0.263. The summed E-state index contributed by atoms with van der Waals surface area (Å²) in [7, 11) is -3.70. The summed E-state index contributed by atoms with van der Waals surface area (Å²) >= 11 is 4.75. The first kappa shape index (κ1) is 18.7. The number of halogens is 1. The summed E-state index contributed by atoms with van der Waals surface area (Å²) in [4.78, 5) is 8.79. The molecule has 1 atom stereocenters. The van der Waals surface area contributed by atoms with Gasteiger partial charge in [0.05, 0.1) is 11.7 Å². The van der Waals surface area contributed by atoms with Crippen molar-refractivity contribution in [2.75, 3.05) is 0 Å². The molecule has 8 heteroatoms. The topological polar surface area (TPSA) is 63.2 Å². The average Bonchev–Trinajstić information content (AvgIpc) is 3.36. The van der Waals surface area contributed by atoms with Gasteiger partial charge in [0.2, 0.25) is 0 Å². The smallest absolute Gasteiger partial charge is 0.260 e. The van der Waals surface area contributed by atoms with Gasteiger partial charge in [-0.1, -0.05) is 34.1 Å². The maximum atomic E-state index is 13.4. The maximum absolute atomic E-state index is 13.4. The van der Waals surface area contributed by atoms with Crippen molar-refractivity contribution in [2.24, 2.45) is 0 Å². The summed E-state index contributed by atoms with van der Waals surface area (Å²) in [5.41, 5.74) is 1.65. The van der Waals surface area contributed by atoms with E-state index in [1.807, 2.05) is 49.4 Å². The summed E-state index contributed by atoms with van der Waals surface area (Å²) < 4.78 is 29.3. The van der Waals surface area contributed by atoms with Crippen LogP contribution in [0.5, 0.6) is 0 Å². The average molecular weight is 464 g/mol. The lowest BCUT2D eigenvalue weighted by atomic mass is 10.2. The molecular formula is C19H18BrN3O2S2. The monoisotopic (exact) mass is 463 g/mol. The number of thiazole rings is 1. The summed E-state index contributed by atoms with van der Waals surface area (Å²) in [6.07, 6.45) is 3.44. The van der Waals surface area contributed by atoms with E-state index in [2.05, 4.69) is 25.9 Å². The highest BCUT2D eigenvalue weighted by Gasteiger charge is 2.43. The Morgan fingerprint density at radius 3 is 2.56 bits per heavy atom. The Bertz CT molecular complexity index is 1030. The lowest BCUT2D eigenvalue weighted by Crippen LogP contribution is -2.36. The van der Waals surface area contributed by atoms with Gasteiger partial charge in [0.15, 0.2) is 5.03 Å². The maximum Gasteiger partial charge on any atom is 0.262 e. The molecule has 0 bridgehead atoms. The first-order valence-corrected chi connectivity index (χ1v) is 11.7. The van der Waals surface area contributed by atoms with Gasteiger partial charge >= 0.3 is 0 Å². The molecule has 0 saturated heterocycles. The fourth-order valence-electron chi connectivity index (χ4n) is 3.01. The molecule has 27 heavy (non-hydrogen) atoms. The molecule has 0 amide bonds. The zero-order valence-electron chi connectivity index (χ0n) is 14.6. The first-order valence-electron chi connectivity index (χ1n) is 8.63. The van der Waals surface area contributed by atoms with Crippen LogP contribution in [0, 0.1) is 0 Å². The highest BCUT2D eigenvalue weighted by molar-refractivity contribution is 9.10. The summed E-state index contributed by atoms with van der Waals surface area (Å²) in [6, 6.07) is 13.0. The number of benzene rings is 1. The molecule has 1 aromatic carbocycles. The van der Waals surface area contributed by atoms with Crippen LogP contribution in [0.1, 0.15) is 31.5 Å². The largest absolute Gasteiger partial charge is 0.262 e. The van der Waals surface area contributed by atoms with Gasteiger partial charge < -0.3 is 0 Å². The molecule has 0 N–H and O–H groups in total. The molecule has 140 valence electrons. The van der Waals surface area contributed by atoms with E-state index in [9.17, 15) is 8.42 Å². The van der Waals surface area contributed by atoms with Gasteiger partial charge in [-0.05, 0) is 44.0 Å². The Morgan fingerprint density at radius 2 is 1.93 bits per heavy atom. The Morgan fingerprint density at radius 1 is 1.19 bits per heavy atom. The van der Waals surface area contributed by atoms with Crippen molar-refractivity contribution in [1.29, 1.82) is 0 Å². The normalized spacial score (nSPS) is 15.8. The number of hydrogen-bond donors (Lipinski definition) is 0. The third-order valence-electron chi connectivity index (χ3n) is 4.52. The number of sulfonamides is 1. The number of hydrogen-bond acceptors (Lipinski definition) is 5. The van der Waals surface area contributed by atoms with Crippen LogP contribution in [0.4, 0.5) is 0 Å².